The molecule has 25 heavy (non-hydrogen) atoms. The third-order valence-corrected chi connectivity index (χ3v) is 5.50. The fraction of sp³-hybridized carbons (Fsp3) is 0.632. The Hall–Kier alpha value is -1.66. The van der Waals surface area contributed by atoms with Crippen molar-refractivity contribution in [2.45, 2.75) is 31.9 Å². The molecule has 1 amide bonds. The number of hydrogen-bond acceptors (Lipinski definition) is 4. The predicted molar refractivity (Wildman–Crippen MR) is 96.3 cm³/mol. The van der Waals surface area contributed by atoms with E-state index in [4.69, 9.17) is 4.74 Å². The van der Waals surface area contributed by atoms with Gasteiger partial charge in [-0.1, -0.05) is 0 Å². The number of likely N-dealkylation sites (tertiary alicyclic amines) is 1. The van der Waals surface area contributed by atoms with E-state index in [1.807, 2.05) is 24.0 Å². The summed E-state index contributed by atoms with van der Waals surface area (Å²) in [4.78, 5) is 19.3. The number of carbonyl (C=O) groups excluding carboxylic acids is 1. The minimum atomic E-state index is -0.209. The first kappa shape index (κ1) is 18.1. The van der Waals surface area contributed by atoms with E-state index in [0.717, 1.165) is 57.8 Å². The normalized spacial score (nSPS) is 21.4. The first-order valence-electron chi connectivity index (χ1n) is 9.14. The summed E-state index contributed by atoms with van der Waals surface area (Å²) in [6.07, 6.45) is 2.14. The van der Waals surface area contributed by atoms with Crippen LogP contribution < -0.4 is 4.90 Å². The summed E-state index contributed by atoms with van der Waals surface area (Å²) in [5, 5.41) is 0. The van der Waals surface area contributed by atoms with Crippen LogP contribution >= 0.6 is 0 Å². The molecule has 2 aliphatic heterocycles. The fourth-order valence-corrected chi connectivity index (χ4v) is 3.75. The molecule has 1 aromatic rings. The predicted octanol–water partition coefficient (Wildman–Crippen LogP) is 1.97. The molecule has 0 aromatic heterocycles. The van der Waals surface area contributed by atoms with E-state index in [9.17, 15) is 9.18 Å². The summed E-state index contributed by atoms with van der Waals surface area (Å²) in [5.41, 5.74) is 1.04. The lowest BCUT2D eigenvalue weighted by atomic mass is 10.1. The zero-order valence-corrected chi connectivity index (χ0v) is 15.2. The largest absolute Gasteiger partial charge is 0.381 e. The van der Waals surface area contributed by atoms with E-state index in [1.165, 1.54) is 12.1 Å². The lowest BCUT2D eigenvalue weighted by Crippen LogP contribution is -2.55. The summed E-state index contributed by atoms with van der Waals surface area (Å²) in [6.45, 7) is 6.99. The standard InChI is InChI=1S/C19H28FN3O2/c1-15(19(24)23-9-7-18(25-2)8-10-23)21-11-13-22(14-12-21)17-5-3-16(20)4-6-17/h3-6,15,18H,7-14H2,1-2H3/t15-/m1/s1. The van der Waals surface area contributed by atoms with Crippen molar-refractivity contribution in [2.75, 3.05) is 51.3 Å². The van der Waals surface area contributed by atoms with Crippen LogP contribution in [0.1, 0.15) is 19.8 Å². The molecule has 0 saturated carbocycles. The number of halogens is 1. The first-order valence-corrected chi connectivity index (χ1v) is 9.14. The van der Waals surface area contributed by atoms with Crippen LogP contribution in [0.4, 0.5) is 10.1 Å². The molecule has 138 valence electrons. The van der Waals surface area contributed by atoms with Crippen LogP contribution in [-0.4, -0.2) is 74.2 Å². The molecular weight excluding hydrogens is 321 g/mol. The van der Waals surface area contributed by atoms with E-state index >= 15 is 0 Å². The van der Waals surface area contributed by atoms with Gasteiger partial charge in [0.2, 0.25) is 5.91 Å². The van der Waals surface area contributed by atoms with E-state index in [2.05, 4.69) is 9.80 Å². The van der Waals surface area contributed by atoms with E-state index in [1.54, 1.807) is 7.11 Å². The van der Waals surface area contributed by atoms with Crippen molar-refractivity contribution in [3.8, 4) is 0 Å². The molecule has 0 aliphatic carbocycles. The molecule has 5 nitrogen and oxygen atoms in total. The quantitative estimate of drug-likeness (QED) is 0.833. The zero-order chi connectivity index (χ0) is 17.8. The second kappa shape index (κ2) is 8.15. The Morgan fingerprint density at radius 3 is 2.24 bits per heavy atom. The van der Waals surface area contributed by atoms with E-state index in [-0.39, 0.29) is 17.8 Å². The molecule has 6 heteroatoms. The summed E-state index contributed by atoms with van der Waals surface area (Å²) >= 11 is 0. The second-order valence-electron chi connectivity index (χ2n) is 6.94. The van der Waals surface area contributed by atoms with Gasteiger partial charge >= 0.3 is 0 Å². The number of anilines is 1. The van der Waals surface area contributed by atoms with Gasteiger partial charge in [-0.3, -0.25) is 9.69 Å². The van der Waals surface area contributed by atoms with Crippen LogP contribution in [0.5, 0.6) is 0 Å². The number of piperazine rings is 1. The number of ether oxygens (including phenoxy) is 1. The number of carbonyl (C=O) groups is 1. The maximum absolute atomic E-state index is 13.1. The molecule has 0 spiro atoms. The SMILES string of the molecule is COC1CCN(C(=O)[C@@H](C)N2CCN(c3ccc(F)cc3)CC2)CC1. The molecular formula is C19H28FN3O2. The van der Waals surface area contributed by atoms with Crippen LogP contribution in [-0.2, 0) is 9.53 Å². The average Bonchev–Trinajstić information content (AvgIpc) is 2.67. The molecule has 0 radical (unpaired) electrons. The summed E-state index contributed by atoms with van der Waals surface area (Å²) in [6, 6.07) is 6.54. The first-order chi connectivity index (χ1) is 12.1. The lowest BCUT2D eigenvalue weighted by Gasteiger charge is -2.41. The topological polar surface area (TPSA) is 36.0 Å². The monoisotopic (exact) mass is 349 g/mol. The van der Waals surface area contributed by atoms with Crippen LogP contribution in [0.15, 0.2) is 24.3 Å². The molecule has 1 atom stereocenters. The number of methoxy groups -OCH3 is 1. The Kier molecular flexibility index (Phi) is 5.91. The molecule has 0 N–H and O–H groups in total. The number of amides is 1. The highest BCUT2D eigenvalue weighted by atomic mass is 19.1. The molecule has 0 unspecified atom stereocenters. The van der Waals surface area contributed by atoms with Gasteiger partial charge in [0.05, 0.1) is 12.1 Å². The third kappa shape index (κ3) is 4.30. The Morgan fingerprint density at radius 2 is 1.68 bits per heavy atom. The van der Waals surface area contributed by atoms with Crippen molar-refractivity contribution in [1.29, 1.82) is 0 Å². The van der Waals surface area contributed by atoms with Gasteiger partial charge in [0.15, 0.2) is 0 Å². The van der Waals surface area contributed by atoms with Gasteiger partial charge in [0.25, 0.3) is 0 Å². The van der Waals surface area contributed by atoms with Crippen molar-refractivity contribution >= 4 is 11.6 Å². The highest BCUT2D eigenvalue weighted by molar-refractivity contribution is 5.81. The third-order valence-electron chi connectivity index (χ3n) is 5.50. The Morgan fingerprint density at radius 1 is 1.08 bits per heavy atom. The fourth-order valence-electron chi connectivity index (χ4n) is 3.75. The number of rotatable bonds is 4. The van der Waals surface area contributed by atoms with Crippen LogP contribution in [0.2, 0.25) is 0 Å². The Bertz CT molecular complexity index is 565. The van der Waals surface area contributed by atoms with Crippen LogP contribution in [0.25, 0.3) is 0 Å². The minimum absolute atomic E-state index is 0.0885. The molecule has 0 bridgehead atoms. The summed E-state index contributed by atoms with van der Waals surface area (Å²) in [5.74, 6) is 0.0173. The minimum Gasteiger partial charge on any atom is -0.381 e. The molecule has 2 saturated heterocycles. The van der Waals surface area contributed by atoms with Crippen molar-refractivity contribution in [1.82, 2.24) is 9.80 Å². The van der Waals surface area contributed by atoms with Gasteiger partial charge in [-0.15, -0.1) is 0 Å². The number of nitrogens with zero attached hydrogens (tertiary/aromatic N) is 3. The van der Waals surface area contributed by atoms with Crippen molar-refractivity contribution < 1.29 is 13.9 Å². The highest BCUT2D eigenvalue weighted by Crippen LogP contribution is 2.19. The zero-order valence-electron chi connectivity index (χ0n) is 15.2. The number of hydrogen-bond donors (Lipinski definition) is 0. The van der Waals surface area contributed by atoms with E-state index < -0.39 is 0 Å². The van der Waals surface area contributed by atoms with Crippen molar-refractivity contribution in [2.24, 2.45) is 0 Å². The van der Waals surface area contributed by atoms with Crippen LogP contribution in [0, 0.1) is 5.82 Å². The van der Waals surface area contributed by atoms with Gasteiger partial charge in [-0.05, 0) is 44.0 Å². The van der Waals surface area contributed by atoms with Gasteiger partial charge in [-0.2, -0.15) is 0 Å². The Balaban J connectivity index is 1.50. The van der Waals surface area contributed by atoms with Gasteiger partial charge < -0.3 is 14.5 Å². The maximum Gasteiger partial charge on any atom is 0.239 e. The molecule has 3 rings (SSSR count). The number of benzene rings is 1. The smallest absolute Gasteiger partial charge is 0.239 e. The lowest BCUT2D eigenvalue weighted by molar-refractivity contribution is -0.138. The molecule has 2 fully saturated rings. The molecule has 2 aliphatic rings. The van der Waals surface area contributed by atoms with Crippen molar-refractivity contribution in [3.05, 3.63) is 30.1 Å². The van der Waals surface area contributed by atoms with Gasteiger partial charge in [-0.25, -0.2) is 4.39 Å². The Labute approximate surface area is 149 Å². The average molecular weight is 349 g/mol. The highest BCUT2D eigenvalue weighted by Gasteiger charge is 2.30. The van der Waals surface area contributed by atoms with E-state index in [0.29, 0.717) is 6.10 Å². The summed E-state index contributed by atoms with van der Waals surface area (Å²) in [7, 11) is 1.74. The second-order valence-corrected chi connectivity index (χ2v) is 6.94. The van der Waals surface area contributed by atoms with Crippen molar-refractivity contribution in [3.63, 3.8) is 0 Å². The van der Waals surface area contributed by atoms with Crippen LogP contribution in [0.3, 0.4) is 0 Å². The molecule has 1 aromatic carbocycles. The maximum atomic E-state index is 13.1. The molecule has 2 heterocycles. The van der Waals surface area contributed by atoms with Gasteiger partial charge in [0.1, 0.15) is 5.82 Å². The van der Waals surface area contributed by atoms with Gasteiger partial charge in [0, 0.05) is 52.1 Å². The summed E-state index contributed by atoms with van der Waals surface area (Å²) < 4.78 is 18.4. The number of piperidine rings is 1.